The summed E-state index contributed by atoms with van der Waals surface area (Å²) in [6, 6.07) is 11.3. The molecule has 2 heteroatoms. The summed E-state index contributed by atoms with van der Waals surface area (Å²) in [6.07, 6.45) is 1.25. The SMILES string of the molecule is Cc1cc(F)cnc1-c1ccccc1. The summed E-state index contributed by atoms with van der Waals surface area (Å²) >= 11 is 0. The van der Waals surface area contributed by atoms with Crippen molar-refractivity contribution < 1.29 is 4.39 Å². The number of hydrogen-bond acceptors (Lipinski definition) is 1. The molecule has 0 radical (unpaired) electrons. The summed E-state index contributed by atoms with van der Waals surface area (Å²) in [7, 11) is 0. The number of benzene rings is 1. The molecular formula is C12H10FN. The minimum absolute atomic E-state index is 0.290. The molecule has 1 aromatic carbocycles. The Morgan fingerprint density at radius 3 is 2.50 bits per heavy atom. The molecular weight excluding hydrogens is 177 g/mol. The maximum atomic E-state index is 12.8. The molecule has 14 heavy (non-hydrogen) atoms. The van der Waals surface area contributed by atoms with Gasteiger partial charge in [-0.15, -0.1) is 0 Å². The third kappa shape index (κ3) is 1.64. The highest BCUT2D eigenvalue weighted by atomic mass is 19.1. The van der Waals surface area contributed by atoms with Crippen molar-refractivity contribution >= 4 is 0 Å². The van der Waals surface area contributed by atoms with Gasteiger partial charge in [-0.2, -0.15) is 0 Å². The van der Waals surface area contributed by atoms with E-state index in [2.05, 4.69) is 4.98 Å². The molecule has 0 saturated carbocycles. The fraction of sp³-hybridized carbons (Fsp3) is 0.0833. The Hall–Kier alpha value is -1.70. The largest absolute Gasteiger partial charge is 0.253 e. The zero-order valence-corrected chi connectivity index (χ0v) is 7.87. The van der Waals surface area contributed by atoms with E-state index in [-0.39, 0.29) is 5.82 Å². The minimum Gasteiger partial charge on any atom is -0.253 e. The first-order chi connectivity index (χ1) is 6.77. The molecule has 0 saturated heterocycles. The van der Waals surface area contributed by atoms with Crippen LogP contribution in [-0.4, -0.2) is 4.98 Å². The van der Waals surface area contributed by atoms with Crippen molar-refractivity contribution in [2.45, 2.75) is 6.92 Å². The van der Waals surface area contributed by atoms with Gasteiger partial charge >= 0.3 is 0 Å². The van der Waals surface area contributed by atoms with Gasteiger partial charge in [-0.3, -0.25) is 4.98 Å². The van der Waals surface area contributed by atoms with E-state index in [1.54, 1.807) is 0 Å². The topological polar surface area (TPSA) is 12.9 Å². The highest BCUT2D eigenvalue weighted by Gasteiger charge is 2.03. The molecule has 0 bridgehead atoms. The van der Waals surface area contributed by atoms with Gasteiger partial charge < -0.3 is 0 Å². The van der Waals surface area contributed by atoms with Crippen LogP contribution in [0.1, 0.15) is 5.56 Å². The number of aryl methyl sites for hydroxylation is 1. The third-order valence-electron chi connectivity index (χ3n) is 2.09. The summed E-state index contributed by atoms with van der Waals surface area (Å²) in [5.74, 6) is -0.290. The summed E-state index contributed by atoms with van der Waals surface area (Å²) in [5.41, 5.74) is 2.72. The Kier molecular flexibility index (Phi) is 2.27. The maximum Gasteiger partial charge on any atom is 0.141 e. The van der Waals surface area contributed by atoms with Crippen molar-refractivity contribution in [2.75, 3.05) is 0 Å². The standard InChI is InChI=1S/C12H10FN/c1-9-7-11(13)8-14-12(9)10-5-3-2-4-6-10/h2-8H,1H3. The molecule has 2 aromatic rings. The van der Waals surface area contributed by atoms with E-state index in [0.29, 0.717) is 0 Å². The molecule has 0 amide bonds. The van der Waals surface area contributed by atoms with Gasteiger partial charge in [0.1, 0.15) is 5.82 Å². The smallest absolute Gasteiger partial charge is 0.141 e. The normalized spacial score (nSPS) is 10.1. The molecule has 1 aromatic heterocycles. The van der Waals surface area contributed by atoms with E-state index >= 15 is 0 Å². The second-order valence-corrected chi connectivity index (χ2v) is 3.19. The Bertz CT molecular complexity index is 437. The Morgan fingerprint density at radius 1 is 1.14 bits per heavy atom. The first-order valence-electron chi connectivity index (χ1n) is 4.45. The van der Waals surface area contributed by atoms with E-state index in [4.69, 9.17) is 0 Å². The van der Waals surface area contributed by atoms with Crippen molar-refractivity contribution in [3.05, 3.63) is 54.0 Å². The minimum atomic E-state index is -0.290. The summed E-state index contributed by atoms with van der Waals surface area (Å²) in [5, 5.41) is 0. The highest BCUT2D eigenvalue weighted by molar-refractivity contribution is 5.62. The number of nitrogens with zero attached hydrogens (tertiary/aromatic N) is 1. The molecule has 70 valence electrons. The van der Waals surface area contributed by atoms with E-state index in [1.807, 2.05) is 37.3 Å². The molecule has 0 unspecified atom stereocenters. The highest BCUT2D eigenvalue weighted by Crippen LogP contribution is 2.20. The molecule has 0 aliphatic rings. The molecule has 0 atom stereocenters. The Labute approximate surface area is 82.2 Å². The predicted octanol–water partition coefficient (Wildman–Crippen LogP) is 3.20. The van der Waals surface area contributed by atoms with Crippen molar-refractivity contribution in [3.63, 3.8) is 0 Å². The summed E-state index contributed by atoms with van der Waals surface area (Å²) < 4.78 is 12.8. The van der Waals surface area contributed by atoms with Crippen LogP contribution in [0.3, 0.4) is 0 Å². The third-order valence-corrected chi connectivity index (χ3v) is 2.09. The monoisotopic (exact) mass is 187 g/mol. The molecule has 0 aliphatic heterocycles. The van der Waals surface area contributed by atoms with Crippen molar-refractivity contribution in [3.8, 4) is 11.3 Å². The number of hydrogen-bond donors (Lipinski definition) is 0. The van der Waals surface area contributed by atoms with Crippen LogP contribution in [0.25, 0.3) is 11.3 Å². The fourth-order valence-electron chi connectivity index (χ4n) is 1.44. The maximum absolute atomic E-state index is 12.8. The van der Waals surface area contributed by atoms with E-state index in [0.717, 1.165) is 16.8 Å². The van der Waals surface area contributed by atoms with E-state index in [1.165, 1.54) is 12.3 Å². The van der Waals surface area contributed by atoms with Crippen LogP contribution in [0.15, 0.2) is 42.6 Å². The van der Waals surface area contributed by atoms with Gasteiger partial charge in [0.05, 0.1) is 11.9 Å². The average Bonchev–Trinajstić information content (AvgIpc) is 2.19. The van der Waals surface area contributed by atoms with Crippen LogP contribution in [-0.2, 0) is 0 Å². The van der Waals surface area contributed by atoms with Crippen LogP contribution >= 0.6 is 0 Å². The van der Waals surface area contributed by atoms with Crippen molar-refractivity contribution in [1.29, 1.82) is 0 Å². The van der Waals surface area contributed by atoms with Crippen LogP contribution in [0, 0.1) is 12.7 Å². The molecule has 0 aliphatic carbocycles. The van der Waals surface area contributed by atoms with Crippen LogP contribution < -0.4 is 0 Å². The van der Waals surface area contributed by atoms with Gasteiger partial charge in [-0.05, 0) is 18.6 Å². The number of halogens is 1. The zero-order chi connectivity index (χ0) is 9.97. The molecule has 0 spiro atoms. The fourth-order valence-corrected chi connectivity index (χ4v) is 1.44. The van der Waals surface area contributed by atoms with E-state index in [9.17, 15) is 4.39 Å². The first-order valence-corrected chi connectivity index (χ1v) is 4.45. The van der Waals surface area contributed by atoms with Crippen LogP contribution in [0.4, 0.5) is 4.39 Å². The number of aromatic nitrogens is 1. The van der Waals surface area contributed by atoms with Crippen molar-refractivity contribution in [2.24, 2.45) is 0 Å². The second-order valence-electron chi connectivity index (χ2n) is 3.19. The van der Waals surface area contributed by atoms with Gasteiger partial charge in [0.25, 0.3) is 0 Å². The summed E-state index contributed by atoms with van der Waals surface area (Å²) in [6.45, 7) is 1.86. The Balaban J connectivity index is 2.53. The van der Waals surface area contributed by atoms with Crippen LogP contribution in [0.5, 0.6) is 0 Å². The lowest BCUT2D eigenvalue weighted by atomic mass is 10.1. The lowest BCUT2D eigenvalue weighted by Crippen LogP contribution is -1.89. The molecule has 1 heterocycles. The number of pyridine rings is 1. The average molecular weight is 187 g/mol. The number of rotatable bonds is 1. The summed E-state index contributed by atoms with van der Waals surface area (Å²) in [4.78, 5) is 4.07. The zero-order valence-electron chi connectivity index (χ0n) is 7.87. The molecule has 2 rings (SSSR count). The molecule has 0 fully saturated rings. The first kappa shape index (κ1) is 8.88. The lowest BCUT2D eigenvalue weighted by molar-refractivity contribution is 0.620. The van der Waals surface area contributed by atoms with Gasteiger partial charge in [0, 0.05) is 5.56 Å². The van der Waals surface area contributed by atoms with Crippen molar-refractivity contribution in [1.82, 2.24) is 4.98 Å². The second kappa shape index (κ2) is 3.58. The lowest BCUT2D eigenvalue weighted by Gasteiger charge is -2.03. The van der Waals surface area contributed by atoms with Gasteiger partial charge in [0.15, 0.2) is 0 Å². The van der Waals surface area contributed by atoms with Crippen LogP contribution in [0.2, 0.25) is 0 Å². The van der Waals surface area contributed by atoms with Gasteiger partial charge in [-0.25, -0.2) is 4.39 Å². The predicted molar refractivity (Wildman–Crippen MR) is 54.4 cm³/mol. The Morgan fingerprint density at radius 2 is 1.86 bits per heavy atom. The molecule has 0 N–H and O–H groups in total. The molecule has 1 nitrogen and oxygen atoms in total. The van der Waals surface area contributed by atoms with Gasteiger partial charge in [0.2, 0.25) is 0 Å². The quantitative estimate of drug-likeness (QED) is 0.668. The van der Waals surface area contributed by atoms with E-state index < -0.39 is 0 Å². The van der Waals surface area contributed by atoms with Gasteiger partial charge in [-0.1, -0.05) is 30.3 Å².